The number of hydrogen-bond acceptors (Lipinski definition) is 6. The van der Waals surface area contributed by atoms with Crippen LogP contribution in [0.3, 0.4) is 0 Å². The van der Waals surface area contributed by atoms with Gasteiger partial charge in [0.25, 0.3) is 0 Å². The van der Waals surface area contributed by atoms with Crippen molar-refractivity contribution >= 4 is 45.6 Å². The summed E-state index contributed by atoms with van der Waals surface area (Å²) in [7, 11) is 0. The number of rotatable bonds is 8. The van der Waals surface area contributed by atoms with E-state index in [1.165, 1.54) is 63.0 Å². The maximum atomic E-state index is 9.92. The average Bonchev–Trinajstić information content (AvgIpc) is 3.62. The van der Waals surface area contributed by atoms with E-state index in [9.17, 15) is 5.26 Å². The first-order valence-electron chi connectivity index (χ1n) is 15.8. The summed E-state index contributed by atoms with van der Waals surface area (Å²) >= 11 is 8.32. The lowest BCUT2D eigenvalue weighted by atomic mass is 9.99. The number of benzene rings is 4. The van der Waals surface area contributed by atoms with E-state index < -0.39 is 0 Å². The van der Waals surface area contributed by atoms with Gasteiger partial charge in [-0.25, -0.2) is 0 Å². The maximum Gasteiger partial charge on any atom is 0.103 e. The highest BCUT2D eigenvalue weighted by Gasteiger charge is 2.26. The lowest BCUT2D eigenvalue weighted by Crippen LogP contribution is -2.43. The number of anilines is 2. The van der Waals surface area contributed by atoms with Crippen LogP contribution in [0.5, 0.6) is 0 Å². The Morgan fingerprint density at radius 1 is 0.867 bits per heavy atom. The third-order valence-electron chi connectivity index (χ3n) is 9.04. The molecule has 3 heterocycles. The quantitative estimate of drug-likeness (QED) is 0.185. The molecule has 0 bridgehead atoms. The van der Waals surface area contributed by atoms with E-state index in [0.717, 1.165) is 50.2 Å². The van der Waals surface area contributed by atoms with Gasteiger partial charge in [-0.2, -0.15) is 5.26 Å². The molecule has 0 atom stereocenters. The molecule has 5 aromatic rings. The Morgan fingerprint density at radius 2 is 1.67 bits per heavy atom. The monoisotopic (exact) mass is 629 g/mol. The fraction of sp³-hybridized carbons (Fsp3) is 0.263. The number of aromatic nitrogens is 1. The molecule has 5 nitrogen and oxygen atoms in total. The highest BCUT2D eigenvalue weighted by atomic mass is 35.5. The molecule has 7 heteroatoms. The summed E-state index contributed by atoms with van der Waals surface area (Å²) in [6.07, 6.45) is 6.94. The zero-order chi connectivity index (χ0) is 30.6. The van der Waals surface area contributed by atoms with Gasteiger partial charge in [-0.1, -0.05) is 71.9 Å². The molecule has 0 amide bonds. The second kappa shape index (κ2) is 13.6. The lowest BCUT2D eigenvalue weighted by molar-refractivity contribution is 0.122. The maximum absolute atomic E-state index is 9.92. The minimum Gasteiger partial charge on any atom is -0.354 e. The van der Waals surface area contributed by atoms with Crippen molar-refractivity contribution in [1.29, 1.82) is 5.26 Å². The molecule has 2 fully saturated rings. The fourth-order valence-electron chi connectivity index (χ4n) is 6.67. The van der Waals surface area contributed by atoms with Crippen molar-refractivity contribution in [3.05, 3.63) is 113 Å². The van der Waals surface area contributed by atoms with E-state index in [0.29, 0.717) is 10.6 Å². The normalized spacial score (nSPS) is 16.2. The van der Waals surface area contributed by atoms with E-state index in [1.54, 1.807) is 18.0 Å². The lowest BCUT2D eigenvalue weighted by Gasteiger charge is -2.36. The SMILES string of the molecule is N#Cc1cnc2cc(-c3cccc(CN4CCC(N5CCCC5)CC4)c3)ccc2c1Nc1ccc(Sc2ccccc2)c(Cl)c1. The van der Waals surface area contributed by atoms with Crippen molar-refractivity contribution in [3.8, 4) is 17.2 Å². The predicted molar refractivity (Wildman–Crippen MR) is 186 cm³/mol. The van der Waals surface area contributed by atoms with Crippen LogP contribution < -0.4 is 5.32 Å². The third-order valence-corrected chi connectivity index (χ3v) is 10.6. The molecule has 7 rings (SSSR count). The summed E-state index contributed by atoms with van der Waals surface area (Å²) in [6.45, 7) is 5.90. The van der Waals surface area contributed by atoms with Gasteiger partial charge in [0.1, 0.15) is 6.07 Å². The van der Waals surface area contributed by atoms with E-state index in [-0.39, 0.29) is 0 Å². The number of hydrogen-bond donors (Lipinski definition) is 1. The standard InChI is InChI=1S/C38H36ClN5S/c39-35-23-31(12-14-37(35)45-33-9-2-1-3-10-33)42-38-30(24-40)25-41-36-22-29(11-13-34(36)38)28-8-6-7-27(21-28)26-43-19-15-32(16-20-43)44-17-4-5-18-44/h1-3,6-14,21-23,25,32H,4-5,15-20,26H2,(H,41,42). The molecule has 0 radical (unpaired) electrons. The Bertz CT molecular complexity index is 1840. The van der Waals surface area contributed by atoms with Crippen LogP contribution in [0, 0.1) is 11.3 Å². The van der Waals surface area contributed by atoms with Crippen molar-refractivity contribution in [1.82, 2.24) is 14.8 Å². The average molecular weight is 630 g/mol. The number of halogens is 1. The fourth-order valence-corrected chi connectivity index (χ4v) is 7.81. The molecule has 2 aliphatic rings. The highest BCUT2D eigenvalue weighted by molar-refractivity contribution is 7.99. The van der Waals surface area contributed by atoms with Crippen molar-refractivity contribution < 1.29 is 0 Å². The minimum absolute atomic E-state index is 0.490. The molecule has 2 aliphatic heterocycles. The summed E-state index contributed by atoms with van der Waals surface area (Å²) in [5.41, 5.74) is 6.52. The van der Waals surface area contributed by atoms with E-state index in [4.69, 9.17) is 11.6 Å². The first-order chi connectivity index (χ1) is 22.1. The second-order valence-electron chi connectivity index (χ2n) is 12.0. The Labute approximate surface area is 274 Å². The zero-order valence-corrected chi connectivity index (χ0v) is 26.8. The van der Waals surface area contributed by atoms with Crippen LogP contribution in [0.4, 0.5) is 11.4 Å². The van der Waals surface area contributed by atoms with Gasteiger partial charge in [-0.15, -0.1) is 0 Å². The van der Waals surface area contributed by atoms with Crippen molar-refractivity contribution in [2.24, 2.45) is 0 Å². The van der Waals surface area contributed by atoms with Gasteiger partial charge < -0.3 is 10.2 Å². The molecular formula is C38H36ClN5S. The minimum atomic E-state index is 0.490. The number of nitrogens with one attached hydrogen (secondary N) is 1. The number of piperidine rings is 1. The van der Waals surface area contributed by atoms with Gasteiger partial charge in [-0.05, 0) is 111 Å². The number of likely N-dealkylation sites (tertiary alicyclic amines) is 2. The number of nitrogens with zero attached hydrogens (tertiary/aromatic N) is 4. The van der Waals surface area contributed by atoms with Gasteiger partial charge in [0.2, 0.25) is 0 Å². The van der Waals surface area contributed by atoms with Gasteiger partial charge in [0, 0.05) is 39.6 Å². The topological polar surface area (TPSA) is 55.2 Å². The van der Waals surface area contributed by atoms with E-state index in [2.05, 4.69) is 80.8 Å². The number of pyridine rings is 1. The zero-order valence-electron chi connectivity index (χ0n) is 25.3. The van der Waals surface area contributed by atoms with Crippen molar-refractivity contribution in [3.63, 3.8) is 0 Å². The summed E-state index contributed by atoms with van der Waals surface area (Å²) in [5, 5.41) is 14.9. The van der Waals surface area contributed by atoms with E-state index >= 15 is 0 Å². The van der Waals surface area contributed by atoms with Crippen LogP contribution in [-0.4, -0.2) is 47.0 Å². The molecular weight excluding hydrogens is 594 g/mol. The molecule has 1 aromatic heterocycles. The smallest absolute Gasteiger partial charge is 0.103 e. The van der Waals surface area contributed by atoms with Crippen molar-refractivity contribution in [2.75, 3.05) is 31.5 Å². The first kappa shape index (κ1) is 29.8. The van der Waals surface area contributed by atoms with Gasteiger partial charge in [0.15, 0.2) is 0 Å². The largest absolute Gasteiger partial charge is 0.354 e. The Hall–Kier alpha value is -3.86. The predicted octanol–water partition coefficient (Wildman–Crippen LogP) is 9.38. The van der Waals surface area contributed by atoms with Gasteiger partial charge >= 0.3 is 0 Å². The van der Waals surface area contributed by atoms with Crippen LogP contribution in [0.2, 0.25) is 5.02 Å². The summed E-state index contributed by atoms with van der Waals surface area (Å²) in [5.74, 6) is 0. The molecule has 226 valence electrons. The Kier molecular flexibility index (Phi) is 9.04. The van der Waals surface area contributed by atoms with Crippen LogP contribution in [0.15, 0.2) is 107 Å². The van der Waals surface area contributed by atoms with Gasteiger partial charge in [-0.3, -0.25) is 9.88 Å². The summed E-state index contributed by atoms with van der Waals surface area (Å²) in [4.78, 5) is 12.1. The highest BCUT2D eigenvalue weighted by Crippen LogP contribution is 2.37. The number of fused-ring (bicyclic) bond motifs is 1. The molecule has 0 saturated carbocycles. The molecule has 2 saturated heterocycles. The van der Waals surface area contributed by atoms with Gasteiger partial charge in [0.05, 0.1) is 21.8 Å². The summed E-state index contributed by atoms with van der Waals surface area (Å²) in [6, 6.07) is 34.4. The Morgan fingerprint density at radius 3 is 2.44 bits per heavy atom. The summed E-state index contributed by atoms with van der Waals surface area (Å²) < 4.78 is 0. The van der Waals surface area contributed by atoms with Crippen molar-refractivity contribution in [2.45, 2.75) is 48.1 Å². The van der Waals surface area contributed by atoms with E-state index in [1.807, 2.05) is 36.4 Å². The molecule has 4 aromatic carbocycles. The second-order valence-corrected chi connectivity index (χ2v) is 13.5. The molecule has 0 unspecified atom stereocenters. The Balaban J connectivity index is 1.08. The third kappa shape index (κ3) is 6.88. The molecule has 45 heavy (non-hydrogen) atoms. The molecule has 0 aliphatic carbocycles. The van der Waals surface area contributed by atoms with Crippen LogP contribution in [0.25, 0.3) is 22.0 Å². The van der Waals surface area contributed by atoms with Crippen LogP contribution in [-0.2, 0) is 6.54 Å². The first-order valence-corrected chi connectivity index (χ1v) is 17.0. The molecule has 1 N–H and O–H groups in total. The van der Waals surface area contributed by atoms with Crippen LogP contribution in [0.1, 0.15) is 36.8 Å². The molecule has 0 spiro atoms. The van der Waals surface area contributed by atoms with Crippen LogP contribution >= 0.6 is 23.4 Å². The number of nitriles is 1.